The summed E-state index contributed by atoms with van der Waals surface area (Å²) < 4.78 is 35.2. The minimum absolute atomic E-state index is 0.00838. The van der Waals surface area contributed by atoms with Crippen molar-refractivity contribution in [2.75, 3.05) is 26.7 Å². The molecule has 5 rings (SSSR count). The zero-order chi connectivity index (χ0) is 20.3. The van der Waals surface area contributed by atoms with Crippen molar-refractivity contribution < 1.29 is 17.7 Å². The summed E-state index contributed by atoms with van der Waals surface area (Å²) in [4.78, 5) is 14.9. The highest BCUT2D eigenvalue weighted by Gasteiger charge is 2.49. The third kappa shape index (κ3) is 3.56. The Morgan fingerprint density at radius 2 is 1.97 bits per heavy atom. The first kappa shape index (κ1) is 19.7. The van der Waals surface area contributed by atoms with E-state index in [2.05, 4.69) is 17.1 Å². The summed E-state index contributed by atoms with van der Waals surface area (Å²) >= 11 is 0. The molecule has 0 amide bonds. The number of rotatable bonds is 6. The minimum atomic E-state index is -3.44. The third-order valence-electron chi connectivity index (χ3n) is 7.25. The number of carbonyl (C=O) groups excluding carboxylic acids is 1. The van der Waals surface area contributed by atoms with Gasteiger partial charge in [-0.2, -0.15) is 17.0 Å². The fourth-order valence-corrected chi connectivity index (χ4v) is 7.41. The van der Waals surface area contributed by atoms with Gasteiger partial charge < -0.3 is 9.42 Å². The fraction of sp³-hybridized carbons (Fsp3) is 0.800. The van der Waals surface area contributed by atoms with E-state index < -0.39 is 10.2 Å². The van der Waals surface area contributed by atoms with Crippen LogP contribution in [-0.2, 0) is 10.2 Å². The van der Waals surface area contributed by atoms with Crippen LogP contribution in [-0.4, -0.2) is 77.7 Å². The average Bonchev–Trinajstić information content (AvgIpc) is 3.10. The predicted octanol–water partition coefficient (Wildman–Crippen LogP) is 1.86. The highest BCUT2D eigenvalue weighted by molar-refractivity contribution is 7.86. The maximum absolute atomic E-state index is 13.3. The van der Waals surface area contributed by atoms with E-state index in [0.717, 1.165) is 31.6 Å². The van der Waals surface area contributed by atoms with Gasteiger partial charge in [-0.1, -0.05) is 5.16 Å². The summed E-state index contributed by atoms with van der Waals surface area (Å²) in [6.45, 7) is 3.88. The van der Waals surface area contributed by atoms with Crippen LogP contribution >= 0.6 is 0 Å². The van der Waals surface area contributed by atoms with Gasteiger partial charge in [-0.05, 0) is 52.0 Å². The van der Waals surface area contributed by atoms with Crippen LogP contribution in [0.3, 0.4) is 0 Å². The Bertz CT molecular complexity index is 894. The molecule has 1 aromatic rings. The quantitative estimate of drug-likeness (QED) is 0.651. The lowest BCUT2D eigenvalue weighted by Crippen LogP contribution is -2.55. The molecule has 0 spiro atoms. The van der Waals surface area contributed by atoms with Gasteiger partial charge in [0.2, 0.25) is 0 Å². The van der Waals surface area contributed by atoms with Crippen molar-refractivity contribution in [3.63, 3.8) is 0 Å². The number of Topliss-reactive ketones (excluding diaryl/α,β-unsaturated/α-hetero) is 1. The normalized spacial score (nSPS) is 34.1. The molecule has 1 aliphatic carbocycles. The Labute approximate surface area is 172 Å². The molecule has 8 nitrogen and oxygen atoms in total. The van der Waals surface area contributed by atoms with E-state index in [1.807, 2.05) is 6.92 Å². The summed E-state index contributed by atoms with van der Waals surface area (Å²) in [6.07, 6.45) is 5.00. The van der Waals surface area contributed by atoms with Crippen molar-refractivity contribution in [1.29, 1.82) is 0 Å². The van der Waals surface area contributed by atoms with Gasteiger partial charge in [-0.25, -0.2) is 0 Å². The minimum Gasteiger partial charge on any atom is -0.360 e. The van der Waals surface area contributed by atoms with Gasteiger partial charge in [0, 0.05) is 56.2 Å². The molecular weight excluding hydrogens is 392 g/mol. The number of likely N-dealkylation sites (N-methyl/N-ethyl adjacent to an activating group) is 1. The first-order valence-electron chi connectivity index (χ1n) is 10.8. The summed E-state index contributed by atoms with van der Waals surface area (Å²) in [6, 6.07) is 2.16. The molecule has 4 atom stereocenters. The van der Waals surface area contributed by atoms with E-state index in [9.17, 15) is 13.2 Å². The Balaban J connectivity index is 1.19. The van der Waals surface area contributed by atoms with Crippen molar-refractivity contribution in [1.82, 2.24) is 18.7 Å². The summed E-state index contributed by atoms with van der Waals surface area (Å²) in [5.41, 5.74) is 0.423. The average molecular weight is 423 g/mol. The van der Waals surface area contributed by atoms with Crippen molar-refractivity contribution in [2.45, 2.75) is 69.5 Å². The van der Waals surface area contributed by atoms with Crippen LogP contribution in [0.2, 0.25) is 0 Å². The lowest BCUT2D eigenvalue weighted by molar-refractivity contribution is 0.0920. The molecule has 1 aromatic heterocycles. The SMILES string of the molecule is C[C@H]1C[C@@H](CC(=O)c2cc(C3CC3)on2)CCN1S(=O)(=O)N1C[C@H]2C[C@@H]1CN2C. The second kappa shape index (κ2) is 7.14. The zero-order valence-corrected chi connectivity index (χ0v) is 18.0. The predicted molar refractivity (Wildman–Crippen MR) is 107 cm³/mol. The highest BCUT2D eigenvalue weighted by Crippen LogP contribution is 2.40. The number of piperidine rings is 1. The first-order valence-corrected chi connectivity index (χ1v) is 12.2. The van der Waals surface area contributed by atoms with Crippen LogP contribution in [0.15, 0.2) is 10.6 Å². The van der Waals surface area contributed by atoms with Gasteiger partial charge in [-0.3, -0.25) is 4.79 Å². The van der Waals surface area contributed by atoms with Gasteiger partial charge in [0.05, 0.1) is 0 Å². The van der Waals surface area contributed by atoms with Crippen LogP contribution in [0.25, 0.3) is 0 Å². The van der Waals surface area contributed by atoms with Crippen molar-refractivity contribution in [2.24, 2.45) is 5.92 Å². The van der Waals surface area contributed by atoms with Crippen molar-refractivity contribution in [3.8, 4) is 0 Å². The van der Waals surface area contributed by atoms with E-state index in [4.69, 9.17) is 4.52 Å². The Kier molecular flexibility index (Phi) is 4.84. The smallest absolute Gasteiger partial charge is 0.282 e. The Morgan fingerprint density at radius 3 is 2.59 bits per heavy atom. The molecule has 1 saturated carbocycles. The number of hydrogen-bond donors (Lipinski definition) is 0. The molecule has 4 aliphatic rings. The van der Waals surface area contributed by atoms with Crippen molar-refractivity contribution in [3.05, 3.63) is 17.5 Å². The van der Waals surface area contributed by atoms with Crippen LogP contribution in [0, 0.1) is 5.92 Å². The molecule has 0 radical (unpaired) electrons. The highest BCUT2D eigenvalue weighted by atomic mass is 32.2. The van der Waals surface area contributed by atoms with Crippen LogP contribution in [0.5, 0.6) is 0 Å². The monoisotopic (exact) mass is 422 g/mol. The largest absolute Gasteiger partial charge is 0.360 e. The second-order valence-electron chi connectivity index (χ2n) is 9.43. The maximum atomic E-state index is 13.3. The standard InChI is InChI=1S/C20H30N4O4S/c1-13-7-14(8-19(25)18-10-20(28-21-18)15-3-4-15)5-6-23(13)29(26,27)24-12-16-9-17(24)11-22(16)2/h10,13-17H,3-9,11-12H2,1-2H3/t13-,14-,16+,17+/m0/s1. The third-order valence-corrected chi connectivity index (χ3v) is 9.42. The van der Waals surface area contributed by atoms with E-state index in [0.29, 0.717) is 50.0 Å². The molecule has 2 bridgehead atoms. The van der Waals surface area contributed by atoms with Gasteiger partial charge >= 0.3 is 0 Å². The van der Waals surface area contributed by atoms with E-state index >= 15 is 0 Å². The molecular formula is C20H30N4O4S. The Hall–Kier alpha value is -1.29. The molecule has 4 fully saturated rings. The molecule has 9 heteroatoms. The first-order chi connectivity index (χ1) is 13.8. The lowest BCUT2D eigenvalue weighted by atomic mass is 9.88. The van der Waals surface area contributed by atoms with Crippen LogP contribution < -0.4 is 0 Å². The Morgan fingerprint density at radius 1 is 1.17 bits per heavy atom. The van der Waals surface area contributed by atoms with E-state index in [-0.39, 0.29) is 23.8 Å². The second-order valence-corrected chi connectivity index (χ2v) is 11.3. The summed E-state index contributed by atoms with van der Waals surface area (Å²) in [5, 5.41) is 3.95. The molecule has 0 unspecified atom stereocenters. The number of piperazine rings is 1. The van der Waals surface area contributed by atoms with Crippen LogP contribution in [0.4, 0.5) is 0 Å². The molecule has 160 valence electrons. The number of ketones is 1. The van der Waals surface area contributed by atoms with Gasteiger partial charge in [0.1, 0.15) is 11.5 Å². The fourth-order valence-electron chi connectivity index (χ4n) is 5.37. The number of nitrogens with zero attached hydrogens (tertiary/aromatic N) is 4. The van der Waals surface area contributed by atoms with Crippen LogP contribution in [0.1, 0.15) is 67.6 Å². The number of fused-ring (bicyclic) bond motifs is 2. The topological polar surface area (TPSA) is 87.0 Å². The van der Waals surface area contributed by atoms with Crippen molar-refractivity contribution >= 4 is 16.0 Å². The number of hydrogen-bond acceptors (Lipinski definition) is 6. The van der Waals surface area contributed by atoms with Gasteiger partial charge in [0.15, 0.2) is 5.78 Å². The van der Waals surface area contributed by atoms with Gasteiger partial charge in [0.25, 0.3) is 10.2 Å². The zero-order valence-electron chi connectivity index (χ0n) is 17.2. The molecule has 0 N–H and O–H groups in total. The molecule has 4 heterocycles. The molecule has 29 heavy (non-hydrogen) atoms. The number of likely N-dealkylation sites (tertiary alicyclic amines) is 1. The summed E-state index contributed by atoms with van der Waals surface area (Å²) in [5.74, 6) is 1.46. The maximum Gasteiger partial charge on any atom is 0.282 e. The number of carbonyl (C=O) groups is 1. The summed E-state index contributed by atoms with van der Waals surface area (Å²) in [7, 11) is -1.37. The molecule has 3 saturated heterocycles. The van der Waals surface area contributed by atoms with E-state index in [1.54, 1.807) is 14.7 Å². The molecule has 0 aromatic carbocycles. The molecule has 3 aliphatic heterocycles. The van der Waals surface area contributed by atoms with E-state index in [1.165, 1.54) is 0 Å². The van der Waals surface area contributed by atoms with Gasteiger partial charge in [-0.15, -0.1) is 0 Å². The lowest BCUT2D eigenvalue weighted by Gasteiger charge is -2.41. The number of aromatic nitrogens is 1.